The van der Waals surface area contributed by atoms with Crippen LogP contribution in [0.5, 0.6) is 0 Å². The summed E-state index contributed by atoms with van der Waals surface area (Å²) in [6.45, 7) is 4.09. The molecule has 1 aromatic carbocycles. The van der Waals surface area contributed by atoms with Gasteiger partial charge in [0.05, 0.1) is 5.69 Å². The standard InChI is InChI=1S/C24H23F3N2O2/c1-23(2)12-18-20(19(30)13-23)17(21(29-18)15-6-8-28-9-7-15)11-14-4-3-5-16(10-14)22(31)24(25,26)27/h3-10,22,29,31H,11-13H2,1-2H3. The molecule has 0 saturated carbocycles. The Balaban J connectivity index is 1.80. The molecule has 0 radical (unpaired) electrons. The van der Waals surface area contributed by atoms with Gasteiger partial charge in [-0.25, -0.2) is 0 Å². The maximum atomic E-state index is 13.0. The Morgan fingerprint density at radius 1 is 1.16 bits per heavy atom. The molecule has 0 aliphatic heterocycles. The van der Waals surface area contributed by atoms with Gasteiger partial charge in [-0.05, 0) is 40.7 Å². The first kappa shape index (κ1) is 21.3. The van der Waals surface area contributed by atoms with Gasteiger partial charge >= 0.3 is 6.18 Å². The van der Waals surface area contributed by atoms with Crippen LogP contribution in [0.3, 0.4) is 0 Å². The van der Waals surface area contributed by atoms with Crippen LogP contribution >= 0.6 is 0 Å². The van der Waals surface area contributed by atoms with E-state index in [1.54, 1.807) is 18.5 Å². The zero-order valence-electron chi connectivity index (χ0n) is 17.3. The molecule has 2 heterocycles. The first-order valence-electron chi connectivity index (χ1n) is 10.1. The van der Waals surface area contributed by atoms with Crippen LogP contribution in [0.2, 0.25) is 0 Å². The largest absolute Gasteiger partial charge is 0.418 e. The van der Waals surface area contributed by atoms with Gasteiger partial charge in [0.1, 0.15) is 0 Å². The summed E-state index contributed by atoms with van der Waals surface area (Å²) in [5, 5.41) is 9.64. The summed E-state index contributed by atoms with van der Waals surface area (Å²) in [5.41, 5.74) is 4.10. The summed E-state index contributed by atoms with van der Waals surface area (Å²) >= 11 is 0. The number of aromatic nitrogens is 2. The SMILES string of the molecule is CC1(C)CC(=O)c2c([nH]c(-c3ccncc3)c2Cc2cccc(C(O)C(F)(F)F)c2)C1. The van der Waals surface area contributed by atoms with Gasteiger partial charge in [0, 0.05) is 42.1 Å². The van der Waals surface area contributed by atoms with E-state index in [0.717, 1.165) is 22.5 Å². The van der Waals surface area contributed by atoms with Crippen molar-refractivity contribution in [2.45, 2.75) is 45.4 Å². The summed E-state index contributed by atoms with van der Waals surface area (Å²) in [5.74, 6) is 0.0317. The van der Waals surface area contributed by atoms with E-state index >= 15 is 0 Å². The number of fused-ring (bicyclic) bond motifs is 1. The third-order valence-electron chi connectivity index (χ3n) is 5.68. The van der Waals surface area contributed by atoms with Crippen molar-refractivity contribution < 1.29 is 23.1 Å². The van der Waals surface area contributed by atoms with E-state index < -0.39 is 12.3 Å². The molecule has 0 bridgehead atoms. The number of alkyl halides is 3. The molecule has 2 N–H and O–H groups in total. The molecule has 0 spiro atoms. The maximum Gasteiger partial charge on any atom is 0.418 e. The molecule has 2 aromatic heterocycles. The van der Waals surface area contributed by atoms with E-state index in [2.05, 4.69) is 9.97 Å². The zero-order valence-corrected chi connectivity index (χ0v) is 17.3. The van der Waals surface area contributed by atoms with Crippen LogP contribution in [0.4, 0.5) is 13.2 Å². The Kier molecular flexibility index (Phi) is 5.25. The number of rotatable bonds is 4. The van der Waals surface area contributed by atoms with Gasteiger partial charge in [-0.3, -0.25) is 9.78 Å². The van der Waals surface area contributed by atoms with E-state index in [-0.39, 0.29) is 23.2 Å². The Morgan fingerprint density at radius 2 is 1.87 bits per heavy atom. The highest BCUT2D eigenvalue weighted by molar-refractivity contribution is 6.02. The number of pyridine rings is 1. The van der Waals surface area contributed by atoms with Crippen LogP contribution < -0.4 is 0 Å². The fourth-order valence-electron chi connectivity index (χ4n) is 4.34. The second kappa shape index (κ2) is 7.64. The zero-order chi connectivity index (χ0) is 22.4. The molecular formula is C24H23F3N2O2. The predicted octanol–water partition coefficient (Wildman–Crippen LogP) is 5.42. The molecule has 1 aliphatic rings. The van der Waals surface area contributed by atoms with E-state index in [4.69, 9.17) is 0 Å². The van der Waals surface area contributed by atoms with Crippen molar-refractivity contribution in [3.8, 4) is 11.3 Å². The van der Waals surface area contributed by atoms with Crippen molar-refractivity contribution in [1.82, 2.24) is 9.97 Å². The first-order chi connectivity index (χ1) is 14.5. The summed E-state index contributed by atoms with van der Waals surface area (Å²) < 4.78 is 38.9. The lowest BCUT2D eigenvalue weighted by Gasteiger charge is -2.28. The summed E-state index contributed by atoms with van der Waals surface area (Å²) in [6.07, 6.45) is -2.58. The number of aliphatic hydroxyl groups is 1. The highest BCUT2D eigenvalue weighted by atomic mass is 19.4. The van der Waals surface area contributed by atoms with Gasteiger partial charge in [0.25, 0.3) is 0 Å². The number of hydrogen-bond acceptors (Lipinski definition) is 3. The molecule has 1 aliphatic carbocycles. The molecule has 31 heavy (non-hydrogen) atoms. The second-order valence-electron chi connectivity index (χ2n) is 8.87. The highest BCUT2D eigenvalue weighted by Gasteiger charge is 2.39. The van der Waals surface area contributed by atoms with Crippen molar-refractivity contribution in [3.63, 3.8) is 0 Å². The number of benzene rings is 1. The number of ketones is 1. The molecule has 1 atom stereocenters. The lowest BCUT2D eigenvalue weighted by molar-refractivity contribution is -0.206. The Bertz CT molecular complexity index is 1120. The number of nitrogens with one attached hydrogen (secondary N) is 1. The molecule has 0 saturated heterocycles. The molecule has 3 aromatic rings. The molecular weight excluding hydrogens is 405 g/mol. The Labute approximate surface area is 178 Å². The fourth-order valence-corrected chi connectivity index (χ4v) is 4.34. The average Bonchev–Trinajstić information content (AvgIpc) is 3.04. The van der Waals surface area contributed by atoms with Crippen molar-refractivity contribution in [3.05, 3.63) is 76.7 Å². The lowest BCUT2D eigenvalue weighted by Crippen LogP contribution is -2.27. The second-order valence-corrected chi connectivity index (χ2v) is 8.87. The monoisotopic (exact) mass is 428 g/mol. The van der Waals surface area contributed by atoms with Gasteiger partial charge in [-0.1, -0.05) is 38.1 Å². The van der Waals surface area contributed by atoms with Crippen LogP contribution in [0.1, 0.15) is 59.1 Å². The third kappa shape index (κ3) is 4.28. The minimum absolute atomic E-state index is 0.0317. The van der Waals surface area contributed by atoms with Crippen molar-refractivity contribution in [2.24, 2.45) is 5.41 Å². The topological polar surface area (TPSA) is 66.0 Å². The van der Waals surface area contributed by atoms with Crippen molar-refractivity contribution in [2.75, 3.05) is 0 Å². The van der Waals surface area contributed by atoms with Gasteiger partial charge in [-0.2, -0.15) is 13.2 Å². The van der Waals surface area contributed by atoms with Crippen LogP contribution in [-0.4, -0.2) is 27.0 Å². The van der Waals surface area contributed by atoms with Crippen LogP contribution in [0, 0.1) is 5.41 Å². The number of H-pyrrole nitrogens is 1. The van der Waals surface area contributed by atoms with Gasteiger partial charge in [0.15, 0.2) is 11.9 Å². The molecule has 4 rings (SSSR count). The van der Waals surface area contributed by atoms with Crippen LogP contribution in [-0.2, 0) is 12.8 Å². The maximum absolute atomic E-state index is 13.0. The van der Waals surface area contributed by atoms with Gasteiger partial charge in [0.2, 0.25) is 0 Å². The Morgan fingerprint density at radius 3 is 2.55 bits per heavy atom. The van der Waals surface area contributed by atoms with Gasteiger partial charge < -0.3 is 10.1 Å². The fraction of sp³-hybridized carbons (Fsp3) is 0.333. The van der Waals surface area contributed by atoms with Crippen LogP contribution in [0.15, 0.2) is 48.8 Å². The quantitative estimate of drug-likeness (QED) is 0.583. The van der Waals surface area contributed by atoms with Gasteiger partial charge in [-0.15, -0.1) is 0 Å². The number of aliphatic hydroxyl groups excluding tert-OH is 1. The van der Waals surface area contributed by atoms with Crippen LogP contribution in [0.25, 0.3) is 11.3 Å². The van der Waals surface area contributed by atoms with Crippen molar-refractivity contribution >= 4 is 5.78 Å². The number of hydrogen-bond donors (Lipinski definition) is 2. The van der Waals surface area contributed by atoms with E-state index in [9.17, 15) is 23.1 Å². The minimum atomic E-state index is -4.74. The van der Waals surface area contributed by atoms with E-state index in [0.29, 0.717) is 24.0 Å². The van der Waals surface area contributed by atoms with Crippen molar-refractivity contribution in [1.29, 1.82) is 0 Å². The average molecular weight is 428 g/mol. The summed E-state index contributed by atoms with van der Waals surface area (Å²) in [4.78, 5) is 20.5. The molecule has 162 valence electrons. The number of Topliss-reactive ketones (excluding diaryl/α,β-unsaturated/α-hetero) is 1. The third-order valence-corrected chi connectivity index (χ3v) is 5.68. The number of halogens is 3. The molecule has 7 heteroatoms. The normalized spacial score (nSPS) is 16.8. The van der Waals surface area contributed by atoms with E-state index in [1.165, 1.54) is 18.2 Å². The minimum Gasteiger partial charge on any atom is -0.379 e. The summed E-state index contributed by atoms with van der Waals surface area (Å²) in [7, 11) is 0. The highest BCUT2D eigenvalue weighted by Crippen LogP contribution is 2.40. The lowest BCUT2D eigenvalue weighted by atomic mass is 9.75. The number of aromatic amines is 1. The number of carbonyl (C=O) groups excluding carboxylic acids is 1. The Hall–Kier alpha value is -2.93. The van der Waals surface area contributed by atoms with E-state index in [1.807, 2.05) is 26.0 Å². The molecule has 4 nitrogen and oxygen atoms in total. The summed E-state index contributed by atoms with van der Waals surface area (Å²) in [6, 6.07) is 9.48. The predicted molar refractivity (Wildman–Crippen MR) is 111 cm³/mol. The smallest absolute Gasteiger partial charge is 0.379 e. The first-order valence-corrected chi connectivity index (χ1v) is 10.1. The number of nitrogens with zero attached hydrogens (tertiary/aromatic N) is 1. The molecule has 1 unspecified atom stereocenters. The number of carbonyl (C=O) groups is 1. The molecule has 0 amide bonds. The molecule has 0 fully saturated rings.